The van der Waals surface area contributed by atoms with Gasteiger partial charge in [-0.3, -0.25) is 3.97 Å². The zero-order valence-electron chi connectivity index (χ0n) is 7.54. The molecule has 1 aromatic heterocycles. The topological polar surface area (TPSA) is 62.1 Å². The van der Waals surface area contributed by atoms with Gasteiger partial charge >= 0.3 is 29.6 Å². The molecule has 1 heterocycles. The Morgan fingerprint density at radius 3 is 2.43 bits per heavy atom. The van der Waals surface area contributed by atoms with Gasteiger partial charge in [-0.1, -0.05) is 18.2 Å². The predicted octanol–water partition coefficient (Wildman–Crippen LogP) is -2.05. The Morgan fingerprint density at radius 1 is 1.14 bits per heavy atom. The van der Waals surface area contributed by atoms with Gasteiger partial charge in [0.2, 0.25) is 0 Å². The standard InChI is InChI=1S/C8H7NO3S.Na/c10-13(11,12)9-6-5-7-3-1-2-4-8(7)9;/h1-6H,(H,10,11,12);/q;+1/p-1. The number of fused-ring (bicyclic) bond motifs is 1. The van der Waals surface area contributed by atoms with Crippen LogP contribution in [-0.2, 0) is 10.3 Å². The Hall–Kier alpha value is -0.330. The summed E-state index contributed by atoms with van der Waals surface area (Å²) in [4.78, 5) is 0. The molecule has 4 nitrogen and oxygen atoms in total. The maximum atomic E-state index is 10.7. The van der Waals surface area contributed by atoms with Crippen LogP contribution in [0.1, 0.15) is 0 Å². The Balaban J connectivity index is 0.000000980. The van der Waals surface area contributed by atoms with Gasteiger partial charge in [0, 0.05) is 11.6 Å². The zero-order valence-corrected chi connectivity index (χ0v) is 10.4. The van der Waals surface area contributed by atoms with Crippen molar-refractivity contribution in [1.82, 2.24) is 3.97 Å². The van der Waals surface area contributed by atoms with Gasteiger partial charge in [-0.15, -0.1) is 0 Å². The van der Waals surface area contributed by atoms with Crippen molar-refractivity contribution in [3.05, 3.63) is 36.5 Å². The van der Waals surface area contributed by atoms with E-state index in [2.05, 4.69) is 0 Å². The molecule has 0 amide bonds. The molecule has 0 radical (unpaired) electrons. The average molecular weight is 219 g/mol. The predicted molar refractivity (Wildman–Crippen MR) is 47.0 cm³/mol. The van der Waals surface area contributed by atoms with Gasteiger partial charge in [0.25, 0.3) is 0 Å². The smallest absolute Gasteiger partial charge is 0.731 e. The van der Waals surface area contributed by atoms with E-state index in [1.165, 1.54) is 6.20 Å². The molecule has 0 unspecified atom stereocenters. The molecule has 0 atom stereocenters. The van der Waals surface area contributed by atoms with Gasteiger partial charge in [-0.05, 0) is 12.1 Å². The summed E-state index contributed by atoms with van der Waals surface area (Å²) in [5.74, 6) is 0. The summed E-state index contributed by atoms with van der Waals surface area (Å²) in [7, 11) is -4.42. The fourth-order valence-electron chi connectivity index (χ4n) is 1.25. The molecule has 0 fully saturated rings. The van der Waals surface area contributed by atoms with Gasteiger partial charge in [-0.2, -0.15) is 0 Å². The van der Waals surface area contributed by atoms with Gasteiger partial charge in [0.1, 0.15) is 0 Å². The maximum Gasteiger partial charge on any atom is 1.00 e. The summed E-state index contributed by atoms with van der Waals surface area (Å²) < 4.78 is 32.9. The molecular formula is C8H6NNaO3S. The number of benzene rings is 1. The van der Waals surface area contributed by atoms with Crippen LogP contribution < -0.4 is 29.6 Å². The maximum absolute atomic E-state index is 10.7. The molecule has 0 spiro atoms. The zero-order chi connectivity index (χ0) is 9.47. The molecule has 1 aromatic carbocycles. The van der Waals surface area contributed by atoms with Crippen molar-refractivity contribution < 1.29 is 42.5 Å². The van der Waals surface area contributed by atoms with Crippen LogP contribution in [0.3, 0.4) is 0 Å². The normalized spacial score (nSPS) is 11.2. The third-order valence-corrected chi connectivity index (χ3v) is 2.60. The number of hydrogen-bond acceptors (Lipinski definition) is 3. The van der Waals surface area contributed by atoms with Crippen LogP contribution in [-0.4, -0.2) is 16.9 Å². The van der Waals surface area contributed by atoms with Crippen LogP contribution in [0, 0.1) is 0 Å². The number of nitrogens with zero attached hydrogens (tertiary/aromatic N) is 1. The van der Waals surface area contributed by atoms with Crippen LogP contribution >= 0.6 is 0 Å². The molecule has 6 heteroatoms. The van der Waals surface area contributed by atoms with Crippen molar-refractivity contribution in [2.75, 3.05) is 0 Å². The van der Waals surface area contributed by atoms with Crippen molar-refractivity contribution in [3.63, 3.8) is 0 Å². The first-order valence-corrected chi connectivity index (χ1v) is 4.98. The minimum absolute atomic E-state index is 0. The largest absolute Gasteiger partial charge is 1.00 e. The molecule has 68 valence electrons. The molecule has 0 saturated heterocycles. The van der Waals surface area contributed by atoms with E-state index >= 15 is 0 Å². The second-order valence-electron chi connectivity index (χ2n) is 2.63. The third-order valence-electron chi connectivity index (χ3n) is 1.80. The minimum Gasteiger partial charge on any atom is -0.731 e. The monoisotopic (exact) mass is 219 g/mol. The molecule has 0 aliphatic heterocycles. The first-order chi connectivity index (χ1) is 6.09. The minimum atomic E-state index is -4.42. The number of para-hydroxylation sites is 1. The van der Waals surface area contributed by atoms with Gasteiger partial charge < -0.3 is 4.55 Å². The third kappa shape index (κ3) is 2.02. The van der Waals surface area contributed by atoms with Gasteiger partial charge in [0.15, 0.2) is 10.3 Å². The molecule has 14 heavy (non-hydrogen) atoms. The van der Waals surface area contributed by atoms with E-state index in [0.717, 1.165) is 9.36 Å². The Kier molecular flexibility index (Phi) is 3.39. The van der Waals surface area contributed by atoms with E-state index in [1.54, 1.807) is 30.3 Å². The van der Waals surface area contributed by atoms with Crippen LogP contribution in [0.2, 0.25) is 0 Å². The average Bonchev–Trinajstić information content (AvgIpc) is 2.45. The van der Waals surface area contributed by atoms with Crippen molar-refractivity contribution in [3.8, 4) is 0 Å². The summed E-state index contributed by atoms with van der Waals surface area (Å²) >= 11 is 0. The van der Waals surface area contributed by atoms with Gasteiger partial charge in [-0.25, -0.2) is 8.42 Å². The molecule has 0 aliphatic rings. The SMILES string of the molecule is O=S(=O)([O-])n1ccc2ccccc21.[Na+]. The molecule has 0 bridgehead atoms. The quantitative estimate of drug-likeness (QED) is 0.410. The Morgan fingerprint density at radius 2 is 1.79 bits per heavy atom. The second-order valence-corrected chi connectivity index (χ2v) is 3.88. The van der Waals surface area contributed by atoms with E-state index in [9.17, 15) is 13.0 Å². The molecule has 2 rings (SSSR count). The summed E-state index contributed by atoms with van der Waals surface area (Å²) in [6, 6.07) is 8.39. The first kappa shape index (κ1) is 11.7. The fourth-order valence-corrected chi connectivity index (χ4v) is 1.87. The van der Waals surface area contributed by atoms with Crippen molar-refractivity contribution in [2.24, 2.45) is 0 Å². The molecule has 0 aliphatic carbocycles. The van der Waals surface area contributed by atoms with Crippen molar-refractivity contribution >= 4 is 21.2 Å². The van der Waals surface area contributed by atoms with Crippen LogP contribution in [0.25, 0.3) is 10.9 Å². The Labute approximate surface area is 104 Å². The summed E-state index contributed by atoms with van der Waals surface area (Å²) in [5.41, 5.74) is 0.414. The number of hydrogen-bond donors (Lipinski definition) is 0. The molecule has 0 saturated carbocycles. The van der Waals surface area contributed by atoms with E-state index in [4.69, 9.17) is 0 Å². The van der Waals surface area contributed by atoms with E-state index in [-0.39, 0.29) is 29.6 Å². The van der Waals surface area contributed by atoms with Gasteiger partial charge in [0.05, 0.1) is 5.52 Å². The molecular weight excluding hydrogens is 213 g/mol. The first-order valence-electron chi connectivity index (χ1n) is 3.61. The number of rotatable bonds is 1. The molecule has 0 N–H and O–H groups in total. The van der Waals surface area contributed by atoms with E-state index in [1.807, 2.05) is 0 Å². The summed E-state index contributed by atoms with van der Waals surface area (Å²) in [6.45, 7) is 0. The van der Waals surface area contributed by atoms with Crippen LogP contribution in [0.15, 0.2) is 36.5 Å². The fraction of sp³-hybridized carbons (Fsp3) is 0. The van der Waals surface area contributed by atoms with Crippen molar-refractivity contribution in [1.29, 1.82) is 0 Å². The number of aromatic nitrogens is 1. The summed E-state index contributed by atoms with van der Waals surface area (Å²) in [5, 5.41) is 0.738. The van der Waals surface area contributed by atoms with Crippen molar-refractivity contribution in [2.45, 2.75) is 0 Å². The van der Waals surface area contributed by atoms with Crippen LogP contribution in [0.5, 0.6) is 0 Å². The van der Waals surface area contributed by atoms with Crippen LogP contribution in [0.4, 0.5) is 0 Å². The molecule has 2 aromatic rings. The van der Waals surface area contributed by atoms with E-state index < -0.39 is 10.3 Å². The second kappa shape index (κ2) is 4.04. The van der Waals surface area contributed by atoms with E-state index in [0.29, 0.717) is 5.52 Å². The Bertz CT molecular complexity index is 546. The summed E-state index contributed by atoms with van der Waals surface area (Å²) in [6.07, 6.45) is 1.26.